The number of anilines is 1. The van der Waals surface area contributed by atoms with Gasteiger partial charge in [-0.15, -0.1) is 0 Å². The van der Waals surface area contributed by atoms with E-state index in [2.05, 4.69) is 0 Å². The van der Waals surface area contributed by atoms with E-state index in [0.29, 0.717) is 17.5 Å². The van der Waals surface area contributed by atoms with Crippen LogP contribution in [0.1, 0.15) is 0 Å². The molecule has 0 saturated carbocycles. The zero-order valence-electron chi connectivity index (χ0n) is 17.3. The number of nitrogen functional groups attached to an aromatic ring is 1. The van der Waals surface area contributed by atoms with Gasteiger partial charge in [0.25, 0.3) is 5.69 Å². The van der Waals surface area contributed by atoms with Crippen molar-refractivity contribution < 1.29 is 32.0 Å². The van der Waals surface area contributed by atoms with Gasteiger partial charge in [0, 0.05) is 30.0 Å². The number of nitro groups is 1. The first-order valence-corrected chi connectivity index (χ1v) is 9.57. The quantitative estimate of drug-likeness (QED) is 0.146. The molecule has 0 aromatic heterocycles. The van der Waals surface area contributed by atoms with Gasteiger partial charge in [-0.1, -0.05) is 0 Å². The fourth-order valence-electron chi connectivity index (χ4n) is 2.54. The largest absolute Gasteiger partial charge is 0.454 e. The zero-order chi connectivity index (χ0) is 24.7. The van der Waals surface area contributed by atoms with Crippen molar-refractivity contribution in [2.24, 2.45) is 0 Å². The van der Waals surface area contributed by atoms with Crippen molar-refractivity contribution in [2.75, 3.05) is 5.73 Å². The molecule has 10 heteroatoms. The fourth-order valence-corrected chi connectivity index (χ4v) is 2.54. The van der Waals surface area contributed by atoms with Gasteiger partial charge in [0.05, 0.1) is 4.92 Å². The van der Waals surface area contributed by atoms with Crippen LogP contribution >= 0.6 is 0 Å². The molecular formula is C24H16F4N2O4. The van der Waals surface area contributed by atoms with E-state index in [1.165, 1.54) is 30.3 Å². The molecule has 0 bridgehead atoms. The number of rotatable bonds is 5. The highest BCUT2D eigenvalue weighted by atomic mass is 19.1. The first kappa shape index (κ1) is 24.1. The normalized spacial score (nSPS) is 10.1. The Bertz CT molecular complexity index is 1280. The molecule has 6 nitrogen and oxygen atoms in total. The lowest BCUT2D eigenvalue weighted by atomic mass is 10.3. The third-order valence-electron chi connectivity index (χ3n) is 4.17. The first-order chi connectivity index (χ1) is 16.2. The van der Waals surface area contributed by atoms with Crippen molar-refractivity contribution in [3.63, 3.8) is 0 Å². The monoisotopic (exact) mass is 472 g/mol. The first-order valence-electron chi connectivity index (χ1n) is 9.57. The number of nitro benzene ring substituents is 1. The van der Waals surface area contributed by atoms with Gasteiger partial charge >= 0.3 is 0 Å². The number of nitrogens with zero attached hydrogens (tertiary/aromatic N) is 1. The standard InChI is InChI=1S/C12H7F2NO3.C12H9F2NO/c13-8-1-6-12(11(14)7-8)18-10-4-2-9(3-5-10)15(16)17;13-8-1-6-12(11(14)7-8)16-10-4-2-9(15)3-5-10/h1-7H;1-7H,15H2. The topological polar surface area (TPSA) is 87.6 Å². The SMILES string of the molecule is Nc1ccc(Oc2ccc(F)cc2F)cc1.O=[N+]([O-])c1ccc(Oc2ccc(F)cc2F)cc1. The van der Waals surface area contributed by atoms with Crippen LogP contribution in [0.3, 0.4) is 0 Å². The molecule has 0 atom stereocenters. The Hall–Kier alpha value is -4.60. The molecule has 0 radical (unpaired) electrons. The molecule has 4 aromatic carbocycles. The van der Waals surface area contributed by atoms with Crippen molar-refractivity contribution in [3.05, 3.63) is 118 Å². The minimum absolute atomic E-state index is 0.0221. The van der Waals surface area contributed by atoms with Crippen LogP contribution in [0, 0.1) is 33.4 Å². The summed E-state index contributed by atoms with van der Waals surface area (Å²) in [6, 6.07) is 17.7. The Labute approximate surface area is 190 Å². The minimum atomic E-state index is -0.839. The average Bonchev–Trinajstić information content (AvgIpc) is 2.80. The molecule has 174 valence electrons. The molecule has 0 heterocycles. The lowest BCUT2D eigenvalue weighted by Gasteiger charge is -2.06. The lowest BCUT2D eigenvalue weighted by molar-refractivity contribution is -0.384. The second-order valence-electron chi connectivity index (χ2n) is 6.67. The summed E-state index contributed by atoms with van der Waals surface area (Å²) < 4.78 is 62.1. The number of halogens is 4. The summed E-state index contributed by atoms with van der Waals surface area (Å²) in [6.45, 7) is 0. The third-order valence-corrected chi connectivity index (χ3v) is 4.17. The second kappa shape index (κ2) is 10.8. The molecule has 0 spiro atoms. The van der Waals surface area contributed by atoms with Crippen molar-refractivity contribution in [2.45, 2.75) is 0 Å². The van der Waals surface area contributed by atoms with Crippen molar-refractivity contribution in [3.8, 4) is 23.0 Å². The maximum Gasteiger partial charge on any atom is 0.269 e. The summed E-state index contributed by atoms with van der Waals surface area (Å²) >= 11 is 0. The van der Waals surface area contributed by atoms with Gasteiger partial charge in [0.1, 0.15) is 23.1 Å². The third kappa shape index (κ3) is 6.70. The maximum absolute atomic E-state index is 13.3. The van der Waals surface area contributed by atoms with E-state index >= 15 is 0 Å². The van der Waals surface area contributed by atoms with Gasteiger partial charge in [-0.2, -0.15) is 0 Å². The number of ether oxygens (including phenoxy) is 2. The van der Waals surface area contributed by atoms with Gasteiger partial charge < -0.3 is 15.2 Å². The van der Waals surface area contributed by atoms with Crippen LogP contribution < -0.4 is 15.2 Å². The average molecular weight is 472 g/mol. The van der Waals surface area contributed by atoms with E-state index in [1.54, 1.807) is 24.3 Å². The van der Waals surface area contributed by atoms with E-state index in [0.717, 1.165) is 24.3 Å². The van der Waals surface area contributed by atoms with Crippen molar-refractivity contribution in [1.82, 2.24) is 0 Å². The molecule has 0 fully saturated rings. The van der Waals surface area contributed by atoms with E-state index in [-0.39, 0.29) is 22.9 Å². The highest BCUT2D eigenvalue weighted by Gasteiger charge is 2.09. The molecule has 0 aliphatic rings. The van der Waals surface area contributed by atoms with Crippen LogP contribution in [0.2, 0.25) is 0 Å². The summed E-state index contributed by atoms with van der Waals surface area (Å²) in [7, 11) is 0. The molecule has 2 N–H and O–H groups in total. The fraction of sp³-hybridized carbons (Fsp3) is 0. The van der Waals surface area contributed by atoms with Gasteiger partial charge in [-0.3, -0.25) is 10.1 Å². The number of benzene rings is 4. The Morgan fingerprint density at radius 2 is 1.06 bits per heavy atom. The molecular weight excluding hydrogens is 456 g/mol. The highest BCUT2D eigenvalue weighted by Crippen LogP contribution is 2.27. The molecule has 0 aliphatic carbocycles. The van der Waals surface area contributed by atoms with Crippen LogP contribution in [0.25, 0.3) is 0 Å². The Balaban J connectivity index is 0.000000192. The summed E-state index contributed by atoms with van der Waals surface area (Å²) in [6.07, 6.45) is 0. The van der Waals surface area contributed by atoms with Crippen LogP contribution in [0.15, 0.2) is 84.9 Å². The van der Waals surface area contributed by atoms with Crippen molar-refractivity contribution >= 4 is 11.4 Å². The van der Waals surface area contributed by atoms with E-state index in [9.17, 15) is 27.7 Å². The molecule has 4 rings (SSSR count). The summed E-state index contributed by atoms with van der Waals surface area (Å²) in [5, 5.41) is 10.4. The van der Waals surface area contributed by atoms with Gasteiger partial charge in [-0.05, 0) is 60.7 Å². The van der Waals surface area contributed by atoms with Gasteiger partial charge in [0.15, 0.2) is 23.1 Å². The number of hydrogen-bond acceptors (Lipinski definition) is 5. The molecule has 4 aromatic rings. The zero-order valence-corrected chi connectivity index (χ0v) is 17.3. The van der Waals surface area contributed by atoms with Crippen molar-refractivity contribution in [1.29, 1.82) is 0 Å². The Morgan fingerprint density at radius 1 is 0.647 bits per heavy atom. The van der Waals surface area contributed by atoms with Gasteiger partial charge in [-0.25, -0.2) is 17.6 Å². The Morgan fingerprint density at radius 3 is 1.44 bits per heavy atom. The summed E-state index contributed by atoms with van der Waals surface area (Å²) in [5.74, 6) is -2.42. The number of hydrogen-bond donors (Lipinski definition) is 1. The molecule has 0 aliphatic heterocycles. The summed E-state index contributed by atoms with van der Waals surface area (Å²) in [5.41, 5.74) is 5.98. The van der Waals surface area contributed by atoms with Crippen LogP contribution in [0.4, 0.5) is 28.9 Å². The number of non-ortho nitro benzene ring substituents is 1. The maximum atomic E-state index is 13.3. The van der Waals surface area contributed by atoms with Crippen LogP contribution in [-0.2, 0) is 0 Å². The Kier molecular flexibility index (Phi) is 7.65. The second-order valence-corrected chi connectivity index (χ2v) is 6.67. The van der Waals surface area contributed by atoms with E-state index in [1.807, 2.05) is 0 Å². The number of nitrogens with two attached hydrogens (primary N) is 1. The molecule has 0 saturated heterocycles. The summed E-state index contributed by atoms with van der Waals surface area (Å²) in [4.78, 5) is 9.87. The minimum Gasteiger partial charge on any atom is -0.454 e. The van der Waals surface area contributed by atoms with Crippen LogP contribution in [0.5, 0.6) is 23.0 Å². The molecule has 34 heavy (non-hydrogen) atoms. The van der Waals surface area contributed by atoms with Gasteiger partial charge in [0.2, 0.25) is 0 Å². The van der Waals surface area contributed by atoms with Crippen LogP contribution in [-0.4, -0.2) is 4.92 Å². The lowest BCUT2D eigenvalue weighted by Crippen LogP contribution is -1.91. The molecule has 0 amide bonds. The predicted octanol–water partition coefficient (Wildman–Crippen LogP) is 7.00. The van der Waals surface area contributed by atoms with E-state index in [4.69, 9.17) is 15.2 Å². The van der Waals surface area contributed by atoms with E-state index < -0.39 is 28.2 Å². The predicted molar refractivity (Wildman–Crippen MR) is 117 cm³/mol. The smallest absolute Gasteiger partial charge is 0.269 e. The highest BCUT2D eigenvalue weighted by molar-refractivity contribution is 5.43. The molecule has 0 unspecified atom stereocenters.